The van der Waals surface area contributed by atoms with Gasteiger partial charge in [0.25, 0.3) is 5.91 Å². The number of carbonyl (C=O) groups excluding carboxylic acids is 2. The lowest BCUT2D eigenvalue weighted by molar-refractivity contribution is -0.121. The second-order valence-electron chi connectivity index (χ2n) is 4.41. The van der Waals surface area contributed by atoms with Gasteiger partial charge in [-0.2, -0.15) is 0 Å². The van der Waals surface area contributed by atoms with E-state index in [-0.39, 0.29) is 18.4 Å². The minimum atomic E-state index is -0.213. The highest BCUT2D eigenvalue weighted by atomic mass is 32.1. The zero-order chi connectivity index (χ0) is 15.0. The highest BCUT2D eigenvalue weighted by Crippen LogP contribution is 2.11. The molecular formula is C13H22N4O2S. The van der Waals surface area contributed by atoms with Gasteiger partial charge in [-0.3, -0.25) is 9.59 Å². The normalized spacial score (nSPS) is 10.3. The Morgan fingerprint density at radius 2 is 2.15 bits per heavy atom. The molecule has 20 heavy (non-hydrogen) atoms. The number of nitrogens with two attached hydrogens (primary N) is 1. The van der Waals surface area contributed by atoms with Crippen LogP contribution in [-0.2, 0) is 11.3 Å². The average molecular weight is 298 g/mol. The molecule has 1 heterocycles. The van der Waals surface area contributed by atoms with Gasteiger partial charge in [-0.15, -0.1) is 11.3 Å². The predicted molar refractivity (Wildman–Crippen MR) is 79.5 cm³/mol. The van der Waals surface area contributed by atoms with Gasteiger partial charge >= 0.3 is 0 Å². The first-order valence-corrected chi connectivity index (χ1v) is 7.70. The van der Waals surface area contributed by atoms with E-state index in [1.54, 1.807) is 5.38 Å². The van der Waals surface area contributed by atoms with Gasteiger partial charge in [-0.25, -0.2) is 4.98 Å². The molecule has 0 bridgehead atoms. The molecule has 2 amide bonds. The maximum Gasteiger partial charge on any atom is 0.273 e. The lowest BCUT2D eigenvalue weighted by atomic mass is 10.3. The van der Waals surface area contributed by atoms with Gasteiger partial charge in [0.15, 0.2) is 0 Å². The van der Waals surface area contributed by atoms with Crippen LogP contribution in [0.1, 0.15) is 42.2 Å². The third-order valence-electron chi connectivity index (χ3n) is 2.63. The Bertz CT molecular complexity index is 447. The monoisotopic (exact) mass is 298 g/mol. The van der Waals surface area contributed by atoms with E-state index in [1.165, 1.54) is 16.2 Å². The van der Waals surface area contributed by atoms with Crippen molar-refractivity contribution in [3.8, 4) is 0 Å². The van der Waals surface area contributed by atoms with Gasteiger partial charge in [0.2, 0.25) is 5.91 Å². The zero-order valence-corrected chi connectivity index (χ0v) is 12.8. The van der Waals surface area contributed by atoms with Crippen molar-refractivity contribution >= 4 is 23.2 Å². The van der Waals surface area contributed by atoms with Crippen LogP contribution in [0.25, 0.3) is 0 Å². The zero-order valence-electron chi connectivity index (χ0n) is 12.0. The van der Waals surface area contributed by atoms with Crippen molar-refractivity contribution in [2.45, 2.75) is 33.2 Å². The summed E-state index contributed by atoms with van der Waals surface area (Å²) in [6.07, 6.45) is 1.67. The van der Waals surface area contributed by atoms with E-state index in [4.69, 9.17) is 5.73 Å². The summed E-state index contributed by atoms with van der Waals surface area (Å²) in [5.74, 6) is -0.350. The number of carbonyl (C=O) groups is 2. The molecule has 0 atom stereocenters. The fraction of sp³-hybridized carbons (Fsp3) is 0.615. The molecule has 1 aromatic rings. The average Bonchev–Trinajstić information content (AvgIpc) is 2.92. The SMILES string of the molecule is CCCNC(=O)CN(CCC)C(=O)c1csc(CN)n1. The number of hydrogen-bond donors (Lipinski definition) is 2. The van der Waals surface area contributed by atoms with Gasteiger partial charge in [0.05, 0.1) is 6.54 Å². The molecule has 0 saturated carbocycles. The molecule has 3 N–H and O–H groups in total. The molecule has 0 aliphatic heterocycles. The lowest BCUT2D eigenvalue weighted by Crippen LogP contribution is -2.41. The van der Waals surface area contributed by atoms with Gasteiger partial charge in [-0.1, -0.05) is 13.8 Å². The Labute approximate surface area is 123 Å². The van der Waals surface area contributed by atoms with Crippen molar-refractivity contribution in [3.05, 3.63) is 16.1 Å². The number of thiazole rings is 1. The first-order valence-electron chi connectivity index (χ1n) is 6.82. The summed E-state index contributed by atoms with van der Waals surface area (Å²) in [5, 5.41) is 5.19. The van der Waals surface area contributed by atoms with Crippen molar-refractivity contribution in [3.63, 3.8) is 0 Å². The van der Waals surface area contributed by atoms with Crippen LogP contribution >= 0.6 is 11.3 Å². The van der Waals surface area contributed by atoms with Gasteiger partial charge in [-0.05, 0) is 12.8 Å². The van der Waals surface area contributed by atoms with Crippen molar-refractivity contribution in [1.82, 2.24) is 15.2 Å². The highest BCUT2D eigenvalue weighted by Gasteiger charge is 2.20. The van der Waals surface area contributed by atoms with Crippen LogP contribution < -0.4 is 11.1 Å². The number of rotatable bonds is 8. The molecule has 112 valence electrons. The molecule has 0 unspecified atom stereocenters. The molecule has 0 saturated heterocycles. The molecular weight excluding hydrogens is 276 g/mol. The van der Waals surface area contributed by atoms with E-state index >= 15 is 0 Å². The fourth-order valence-electron chi connectivity index (χ4n) is 1.68. The molecule has 0 aliphatic rings. The van der Waals surface area contributed by atoms with Crippen LogP contribution in [0.2, 0.25) is 0 Å². The van der Waals surface area contributed by atoms with E-state index in [0.29, 0.717) is 25.3 Å². The minimum Gasteiger partial charge on any atom is -0.355 e. The van der Waals surface area contributed by atoms with Crippen LogP contribution in [0.15, 0.2) is 5.38 Å². The van der Waals surface area contributed by atoms with Crippen molar-refractivity contribution in [2.75, 3.05) is 19.6 Å². The van der Waals surface area contributed by atoms with Crippen LogP contribution in [0.3, 0.4) is 0 Å². The summed E-state index contributed by atoms with van der Waals surface area (Å²) >= 11 is 1.36. The summed E-state index contributed by atoms with van der Waals surface area (Å²) in [6, 6.07) is 0. The Morgan fingerprint density at radius 1 is 1.40 bits per heavy atom. The van der Waals surface area contributed by atoms with Gasteiger partial charge < -0.3 is 16.0 Å². The Hall–Kier alpha value is -1.47. The van der Waals surface area contributed by atoms with Gasteiger partial charge in [0.1, 0.15) is 10.7 Å². The van der Waals surface area contributed by atoms with E-state index in [0.717, 1.165) is 17.8 Å². The van der Waals surface area contributed by atoms with Crippen molar-refractivity contribution in [1.29, 1.82) is 0 Å². The summed E-state index contributed by atoms with van der Waals surface area (Å²) in [6.45, 7) is 5.51. The van der Waals surface area contributed by atoms with Crippen LogP contribution in [0, 0.1) is 0 Å². The molecule has 0 radical (unpaired) electrons. The smallest absolute Gasteiger partial charge is 0.273 e. The number of aromatic nitrogens is 1. The van der Waals surface area contributed by atoms with Gasteiger partial charge in [0, 0.05) is 25.0 Å². The third kappa shape index (κ3) is 4.90. The molecule has 0 fully saturated rings. The van der Waals surface area contributed by atoms with E-state index < -0.39 is 0 Å². The minimum absolute atomic E-state index is 0.0716. The maximum atomic E-state index is 12.3. The number of hydrogen-bond acceptors (Lipinski definition) is 5. The number of amides is 2. The Morgan fingerprint density at radius 3 is 2.70 bits per heavy atom. The Kier molecular flexibility index (Phi) is 7.17. The second-order valence-corrected chi connectivity index (χ2v) is 5.35. The Balaban J connectivity index is 2.68. The highest BCUT2D eigenvalue weighted by molar-refractivity contribution is 7.09. The van der Waals surface area contributed by atoms with E-state index in [2.05, 4.69) is 10.3 Å². The molecule has 7 heteroatoms. The second kappa shape index (κ2) is 8.65. The van der Waals surface area contributed by atoms with E-state index in [9.17, 15) is 9.59 Å². The molecule has 0 aliphatic carbocycles. The summed E-state index contributed by atoms with van der Waals surface area (Å²) < 4.78 is 0. The third-order valence-corrected chi connectivity index (χ3v) is 3.50. The first-order chi connectivity index (χ1) is 9.62. The molecule has 6 nitrogen and oxygen atoms in total. The number of nitrogens with one attached hydrogen (secondary N) is 1. The predicted octanol–water partition coefficient (Wildman–Crippen LogP) is 0.980. The summed E-state index contributed by atoms with van der Waals surface area (Å²) in [4.78, 5) is 29.8. The standard InChI is InChI=1S/C13H22N4O2S/c1-3-5-15-11(18)8-17(6-4-2)13(19)10-9-20-12(7-14)16-10/h9H,3-8,14H2,1-2H3,(H,15,18). The van der Waals surface area contributed by atoms with Crippen molar-refractivity contribution in [2.24, 2.45) is 5.73 Å². The largest absolute Gasteiger partial charge is 0.355 e. The van der Waals surface area contributed by atoms with Crippen LogP contribution in [0.4, 0.5) is 0 Å². The van der Waals surface area contributed by atoms with Crippen molar-refractivity contribution < 1.29 is 9.59 Å². The quantitative estimate of drug-likeness (QED) is 0.749. The fourth-order valence-corrected chi connectivity index (χ4v) is 2.33. The number of nitrogens with zero attached hydrogens (tertiary/aromatic N) is 2. The maximum absolute atomic E-state index is 12.3. The van der Waals surface area contributed by atoms with Crippen LogP contribution in [0.5, 0.6) is 0 Å². The molecule has 1 rings (SSSR count). The molecule has 1 aromatic heterocycles. The van der Waals surface area contributed by atoms with E-state index in [1.807, 2.05) is 13.8 Å². The topological polar surface area (TPSA) is 88.3 Å². The summed E-state index contributed by atoms with van der Waals surface area (Å²) in [5.41, 5.74) is 5.86. The first kappa shape index (κ1) is 16.6. The lowest BCUT2D eigenvalue weighted by Gasteiger charge is -2.20. The molecule has 0 aromatic carbocycles. The molecule has 0 spiro atoms. The summed E-state index contributed by atoms with van der Waals surface area (Å²) in [7, 11) is 0. The van der Waals surface area contributed by atoms with Crippen LogP contribution in [-0.4, -0.2) is 41.3 Å².